The summed E-state index contributed by atoms with van der Waals surface area (Å²) in [5.74, 6) is 1.81. The molecule has 0 saturated carbocycles. The average Bonchev–Trinajstić information content (AvgIpc) is 0.783. The topological polar surface area (TPSA) is 285 Å². The maximum Gasteiger partial charge on any atom is 0.407 e. The second-order valence-electron chi connectivity index (χ2n) is 28.6. The number of nitrogens with one attached hydrogen (secondary N) is 6. The van der Waals surface area contributed by atoms with Crippen LogP contribution in [-0.4, -0.2) is 149 Å². The van der Waals surface area contributed by atoms with Gasteiger partial charge in [-0.2, -0.15) is 0 Å². The zero-order valence-corrected chi connectivity index (χ0v) is 60.0. The van der Waals surface area contributed by atoms with E-state index in [1.54, 1.807) is 125 Å². The molecule has 24 nitrogen and oxygen atoms in total. The second kappa shape index (κ2) is 37.6. The van der Waals surface area contributed by atoms with E-state index >= 15 is 0 Å². The highest BCUT2D eigenvalue weighted by Crippen LogP contribution is 2.46. The first-order chi connectivity index (χ1) is 44.8. The summed E-state index contributed by atoms with van der Waals surface area (Å²) in [7, 11) is 0. The van der Waals surface area contributed by atoms with Crippen molar-refractivity contribution in [3.8, 4) is 67.9 Å². The van der Waals surface area contributed by atoms with Crippen molar-refractivity contribution in [2.75, 3.05) is 78.9 Å². The Kier molecular flexibility index (Phi) is 31.2. The summed E-state index contributed by atoms with van der Waals surface area (Å²) in [5.41, 5.74) is 0.293. The van der Waals surface area contributed by atoms with Crippen LogP contribution in [0.3, 0.4) is 0 Å². The lowest BCUT2D eigenvalue weighted by atomic mass is 9.92. The van der Waals surface area contributed by atoms with Crippen LogP contribution in [0.1, 0.15) is 163 Å². The molecule has 0 radical (unpaired) electrons. The number of amides is 6. The molecule has 4 rings (SSSR count). The van der Waals surface area contributed by atoms with Crippen molar-refractivity contribution in [1.29, 1.82) is 0 Å². The number of benzene rings is 4. The summed E-state index contributed by atoms with van der Waals surface area (Å²) in [5, 5.41) is 16.7. The maximum absolute atomic E-state index is 12.7. The molecule has 96 heavy (non-hydrogen) atoms. The molecule has 534 valence electrons. The molecule has 6 amide bonds. The van der Waals surface area contributed by atoms with E-state index in [1.807, 2.05) is 72.8 Å². The van der Waals surface area contributed by atoms with Crippen molar-refractivity contribution in [1.82, 2.24) is 31.9 Å². The Hall–Kier alpha value is -8.70. The van der Waals surface area contributed by atoms with Gasteiger partial charge in [0.2, 0.25) is 11.5 Å². The molecule has 0 spiro atoms. The quantitative estimate of drug-likeness (QED) is 0.0191. The molecule has 0 heterocycles. The number of carbonyl (C=O) groups is 6. The molecule has 0 saturated heterocycles. The van der Waals surface area contributed by atoms with E-state index in [1.165, 1.54) is 0 Å². The third kappa shape index (κ3) is 34.1. The summed E-state index contributed by atoms with van der Waals surface area (Å²) < 4.78 is 72.3. The van der Waals surface area contributed by atoms with E-state index in [0.29, 0.717) is 72.6 Å². The van der Waals surface area contributed by atoms with Crippen molar-refractivity contribution in [3.05, 3.63) is 72.8 Å². The molecule has 0 unspecified atom stereocenters. The lowest BCUT2D eigenvalue weighted by Gasteiger charge is -2.22. The van der Waals surface area contributed by atoms with Crippen LogP contribution in [-0.2, 0) is 28.4 Å². The highest BCUT2D eigenvalue weighted by atomic mass is 16.6. The van der Waals surface area contributed by atoms with Gasteiger partial charge in [0.05, 0.1) is 39.6 Å². The van der Waals surface area contributed by atoms with E-state index in [0.717, 1.165) is 22.3 Å². The van der Waals surface area contributed by atoms with Gasteiger partial charge in [0, 0.05) is 39.3 Å². The van der Waals surface area contributed by atoms with Crippen LogP contribution in [0.4, 0.5) is 28.8 Å². The number of carbonyl (C=O) groups excluding carboxylic acids is 6. The highest BCUT2D eigenvalue weighted by Gasteiger charge is 2.25. The molecule has 24 heteroatoms. The van der Waals surface area contributed by atoms with Crippen molar-refractivity contribution in [2.45, 2.75) is 197 Å². The van der Waals surface area contributed by atoms with Gasteiger partial charge in [0.1, 0.15) is 33.6 Å². The van der Waals surface area contributed by atoms with Crippen LogP contribution in [0.2, 0.25) is 0 Å². The van der Waals surface area contributed by atoms with Gasteiger partial charge < -0.3 is 88.7 Å². The first-order valence-electron chi connectivity index (χ1n) is 33.0. The van der Waals surface area contributed by atoms with Crippen molar-refractivity contribution in [2.24, 2.45) is 0 Å². The minimum atomic E-state index is -0.697. The summed E-state index contributed by atoms with van der Waals surface area (Å²) >= 11 is 0. The van der Waals surface area contributed by atoms with Gasteiger partial charge in [-0.25, -0.2) is 28.8 Å². The Morgan fingerprint density at radius 2 is 0.448 bits per heavy atom. The van der Waals surface area contributed by atoms with E-state index in [-0.39, 0.29) is 90.4 Å². The minimum absolute atomic E-state index is 0.119. The molecule has 0 atom stereocenters. The van der Waals surface area contributed by atoms with Gasteiger partial charge in [-0.05, 0) is 239 Å². The summed E-state index contributed by atoms with van der Waals surface area (Å²) in [4.78, 5) is 75.8. The Bertz CT molecular complexity index is 2810. The smallest absolute Gasteiger partial charge is 0.407 e. The molecule has 0 bridgehead atoms. The molecule has 4 aromatic carbocycles. The minimum Gasteiger partial charge on any atom is -0.489 e. The van der Waals surface area contributed by atoms with Gasteiger partial charge in [0.15, 0.2) is 23.0 Å². The lowest BCUT2D eigenvalue weighted by molar-refractivity contribution is 0.0512. The molecule has 0 fully saturated rings. The fourth-order valence-corrected chi connectivity index (χ4v) is 8.50. The van der Waals surface area contributed by atoms with Crippen LogP contribution in [0, 0.1) is 0 Å². The van der Waals surface area contributed by atoms with E-state index in [4.69, 9.17) is 56.8 Å². The molecule has 0 aliphatic heterocycles. The van der Waals surface area contributed by atoms with Gasteiger partial charge in [-0.3, -0.25) is 0 Å². The molecule has 0 aliphatic carbocycles. The van der Waals surface area contributed by atoms with Gasteiger partial charge in [-0.1, -0.05) is 30.3 Å². The SMILES string of the molecule is CC(C)(C)OC(=O)NCCCOc1cc(-c2cc(-c3ccccc3)cc(-c3cc(OCCCNC(=O)OC(C)(C)C)c(OCCCNC(=O)OC(C)(C)C)c(OCCCNC(=O)OC(C)(C)C)c3)c2)cc(OCCCNC(=O)OC(C)(C)C)c1OCCCNC(=O)OC(C)(C)C. The van der Waals surface area contributed by atoms with Gasteiger partial charge in [0.25, 0.3) is 0 Å². The van der Waals surface area contributed by atoms with E-state index < -0.39 is 70.2 Å². The third-order valence-corrected chi connectivity index (χ3v) is 12.2. The largest absolute Gasteiger partial charge is 0.489 e. The maximum atomic E-state index is 12.7. The zero-order chi connectivity index (χ0) is 71.3. The zero-order valence-electron chi connectivity index (χ0n) is 60.0. The molecule has 6 N–H and O–H groups in total. The van der Waals surface area contributed by atoms with Crippen LogP contribution in [0.25, 0.3) is 33.4 Å². The highest BCUT2D eigenvalue weighted by molar-refractivity contribution is 5.84. The Morgan fingerprint density at radius 3 is 0.656 bits per heavy atom. The number of alkyl carbamates (subject to hydrolysis) is 6. The Labute approximate surface area is 568 Å². The lowest BCUT2D eigenvalue weighted by Crippen LogP contribution is -2.33. The number of ether oxygens (including phenoxy) is 12. The Balaban J connectivity index is 1.94. The molecule has 0 aromatic heterocycles. The molecular formula is C72H108N6O18. The Morgan fingerprint density at radius 1 is 0.260 bits per heavy atom. The van der Waals surface area contributed by atoms with Crippen LogP contribution in [0.5, 0.6) is 34.5 Å². The summed E-state index contributed by atoms with van der Waals surface area (Å²) in [6.07, 6.45) is -1.14. The van der Waals surface area contributed by atoms with Crippen LogP contribution >= 0.6 is 0 Å². The van der Waals surface area contributed by atoms with Crippen LogP contribution < -0.4 is 60.3 Å². The fraction of sp³-hybridized carbons (Fsp3) is 0.583. The van der Waals surface area contributed by atoms with E-state index in [2.05, 4.69) is 31.9 Å². The predicted molar refractivity (Wildman–Crippen MR) is 369 cm³/mol. The van der Waals surface area contributed by atoms with Gasteiger partial charge >= 0.3 is 36.6 Å². The van der Waals surface area contributed by atoms with Crippen LogP contribution in [0.15, 0.2) is 72.8 Å². The standard InChI is InChI=1S/C72H108N6O18/c1-67(2,3)91-61(79)73-30-22-36-85-55-45-53(46-56(86-37-23-31-74-62(80)92-68(4,5)6)59(55)89-40-26-34-77-65(83)95-71(13,14)15)51-42-50(49-28-20-19-21-29-49)43-52(44-51)54-47-57(87-38-24-32-75-63(81)93-69(7,8)9)60(90-41-27-35-78-66(84)96-72(16,17)18)58(48-54)88-39-25-33-76-64(82)94-70(10,11)12/h19-21,28-29,42-48H,22-27,30-41H2,1-18H3,(H,73,79)(H,74,80)(H,75,81)(H,76,82)(H,77,83)(H,78,84). The summed E-state index contributed by atoms with van der Waals surface area (Å²) in [6, 6.07) is 23.4. The first kappa shape index (κ1) is 79.7. The predicted octanol–water partition coefficient (Wildman–Crippen LogP) is 14.4. The van der Waals surface area contributed by atoms with Gasteiger partial charge in [-0.15, -0.1) is 0 Å². The number of rotatable bonds is 33. The second-order valence-corrected chi connectivity index (χ2v) is 28.6. The normalized spacial score (nSPS) is 11.8. The summed E-state index contributed by atoms with van der Waals surface area (Å²) in [6.45, 7) is 34.3. The number of hydrogen-bond donors (Lipinski definition) is 6. The van der Waals surface area contributed by atoms with E-state index in [9.17, 15) is 28.8 Å². The molecule has 4 aromatic rings. The third-order valence-electron chi connectivity index (χ3n) is 12.2. The fourth-order valence-electron chi connectivity index (χ4n) is 8.50. The average molecular weight is 1350 g/mol. The van der Waals surface area contributed by atoms with Crippen molar-refractivity contribution >= 4 is 36.6 Å². The molecular weight excluding hydrogens is 1240 g/mol. The number of hydrogen-bond acceptors (Lipinski definition) is 18. The molecule has 0 aliphatic rings. The first-order valence-corrected chi connectivity index (χ1v) is 33.0. The monoisotopic (exact) mass is 1340 g/mol. The van der Waals surface area contributed by atoms with Crippen molar-refractivity contribution in [3.63, 3.8) is 0 Å². The van der Waals surface area contributed by atoms with Crippen molar-refractivity contribution < 1.29 is 85.6 Å².